The SMILES string of the molecule is CCCC/C(C#Cc1ccccc1)=C(/C(C)=C(C)C)P(=O)(c1ccccc1)c1ccccc1. The van der Waals surface area contributed by atoms with Gasteiger partial charge in [0.05, 0.1) is 0 Å². The molecule has 0 amide bonds. The van der Waals surface area contributed by atoms with Crippen molar-refractivity contribution in [3.8, 4) is 11.8 Å². The summed E-state index contributed by atoms with van der Waals surface area (Å²) in [5.74, 6) is 6.83. The third-order valence-electron chi connectivity index (χ3n) is 5.86. The lowest BCUT2D eigenvalue weighted by atomic mass is 10.0. The van der Waals surface area contributed by atoms with E-state index in [0.717, 1.165) is 57.5 Å². The molecule has 0 aromatic heterocycles. The number of unbranched alkanes of at least 4 members (excludes halogenated alkanes) is 1. The van der Waals surface area contributed by atoms with Gasteiger partial charge in [-0.15, -0.1) is 0 Å². The summed E-state index contributed by atoms with van der Waals surface area (Å²) in [7, 11) is -3.14. The minimum atomic E-state index is -3.14. The Hall–Kier alpha value is -3.07. The second-order valence-corrected chi connectivity index (χ2v) is 11.2. The van der Waals surface area contributed by atoms with Gasteiger partial charge >= 0.3 is 0 Å². The van der Waals surface area contributed by atoms with Crippen LogP contribution in [-0.2, 0) is 4.57 Å². The molecule has 0 spiro atoms. The highest BCUT2D eigenvalue weighted by molar-refractivity contribution is 7.82. The molecule has 0 heterocycles. The number of allylic oxidation sites excluding steroid dienone is 4. The van der Waals surface area contributed by atoms with Crippen molar-refractivity contribution in [2.24, 2.45) is 0 Å². The molecule has 0 atom stereocenters. The van der Waals surface area contributed by atoms with Crippen molar-refractivity contribution in [2.45, 2.75) is 47.0 Å². The van der Waals surface area contributed by atoms with Crippen molar-refractivity contribution < 1.29 is 4.57 Å². The Bertz CT molecular complexity index is 1180. The van der Waals surface area contributed by atoms with Crippen LogP contribution < -0.4 is 10.6 Å². The molecule has 3 aromatic carbocycles. The van der Waals surface area contributed by atoms with Crippen LogP contribution in [0.2, 0.25) is 0 Å². The van der Waals surface area contributed by atoms with E-state index >= 15 is 4.57 Å². The number of rotatable bonds is 7. The van der Waals surface area contributed by atoms with Crippen LogP contribution in [0, 0.1) is 11.8 Å². The largest absolute Gasteiger partial charge is 0.309 e. The van der Waals surface area contributed by atoms with Crippen molar-refractivity contribution in [2.75, 3.05) is 0 Å². The highest BCUT2D eigenvalue weighted by Gasteiger charge is 2.35. The molecule has 3 rings (SSSR count). The van der Waals surface area contributed by atoms with E-state index in [1.807, 2.05) is 91.0 Å². The molecule has 0 saturated carbocycles. The molecule has 0 aliphatic rings. The smallest absolute Gasteiger partial charge is 0.172 e. The topological polar surface area (TPSA) is 17.1 Å². The van der Waals surface area contributed by atoms with Crippen LogP contribution in [0.4, 0.5) is 0 Å². The molecule has 0 radical (unpaired) electrons. The van der Waals surface area contributed by atoms with E-state index in [4.69, 9.17) is 0 Å². The average Bonchev–Trinajstić information content (AvgIpc) is 2.86. The van der Waals surface area contributed by atoms with Gasteiger partial charge in [-0.25, -0.2) is 0 Å². The van der Waals surface area contributed by atoms with Gasteiger partial charge in [0.2, 0.25) is 0 Å². The first-order chi connectivity index (χ1) is 16.0. The maximum absolute atomic E-state index is 15.3. The lowest BCUT2D eigenvalue weighted by molar-refractivity contribution is 0.590. The zero-order chi connectivity index (χ0) is 23.7. The number of hydrogen-bond donors (Lipinski definition) is 0. The third-order valence-corrected chi connectivity index (χ3v) is 9.14. The minimum absolute atomic E-state index is 0.806. The van der Waals surface area contributed by atoms with Crippen LogP contribution in [-0.4, -0.2) is 0 Å². The van der Waals surface area contributed by atoms with Gasteiger partial charge in [0.1, 0.15) is 0 Å². The fourth-order valence-corrected chi connectivity index (χ4v) is 7.08. The first kappa shape index (κ1) is 24.6. The molecule has 0 fully saturated rings. The van der Waals surface area contributed by atoms with E-state index in [1.165, 1.54) is 0 Å². The van der Waals surface area contributed by atoms with Gasteiger partial charge in [0.15, 0.2) is 7.14 Å². The van der Waals surface area contributed by atoms with Gasteiger partial charge in [-0.2, -0.15) is 0 Å². The van der Waals surface area contributed by atoms with Crippen LogP contribution in [0.5, 0.6) is 0 Å². The molecule has 2 heteroatoms. The monoisotopic (exact) mass is 452 g/mol. The van der Waals surface area contributed by atoms with E-state index in [9.17, 15) is 0 Å². The number of hydrogen-bond acceptors (Lipinski definition) is 1. The molecule has 0 unspecified atom stereocenters. The normalized spacial score (nSPS) is 11.8. The molecule has 0 bridgehead atoms. The van der Waals surface area contributed by atoms with Gasteiger partial charge in [0.25, 0.3) is 0 Å². The molecule has 0 aliphatic carbocycles. The molecule has 0 N–H and O–H groups in total. The fourth-order valence-electron chi connectivity index (χ4n) is 3.84. The Morgan fingerprint density at radius 3 is 1.70 bits per heavy atom. The first-order valence-electron chi connectivity index (χ1n) is 11.6. The molecule has 33 heavy (non-hydrogen) atoms. The van der Waals surface area contributed by atoms with Gasteiger partial charge < -0.3 is 4.57 Å². The fraction of sp³-hybridized carbons (Fsp3) is 0.226. The molecule has 3 aromatic rings. The summed E-state index contributed by atoms with van der Waals surface area (Å²) in [6.45, 7) is 8.47. The summed E-state index contributed by atoms with van der Waals surface area (Å²) in [5.41, 5.74) is 4.18. The highest BCUT2D eigenvalue weighted by atomic mass is 31.2. The van der Waals surface area contributed by atoms with Gasteiger partial charge in [-0.05, 0) is 51.3 Å². The molecular weight excluding hydrogens is 419 g/mol. The Balaban J connectivity index is 2.40. The van der Waals surface area contributed by atoms with Crippen LogP contribution in [0.15, 0.2) is 113 Å². The van der Waals surface area contributed by atoms with Crippen LogP contribution in [0.25, 0.3) is 0 Å². The van der Waals surface area contributed by atoms with Crippen LogP contribution in [0.1, 0.15) is 52.5 Å². The predicted molar refractivity (Wildman–Crippen MR) is 144 cm³/mol. The van der Waals surface area contributed by atoms with Crippen LogP contribution >= 0.6 is 7.14 Å². The van der Waals surface area contributed by atoms with Crippen LogP contribution in [0.3, 0.4) is 0 Å². The second kappa shape index (κ2) is 11.7. The zero-order valence-electron chi connectivity index (χ0n) is 20.1. The van der Waals surface area contributed by atoms with E-state index < -0.39 is 7.14 Å². The highest BCUT2D eigenvalue weighted by Crippen LogP contribution is 2.56. The molecule has 1 nitrogen and oxygen atoms in total. The summed E-state index contributed by atoms with van der Waals surface area (Å²) in [5, 5.41) is 2.60. The lowest BCUT2D eigenvalue weighted by Crippen LogP contribution is -2.19. The summed E-state index contributed by atoms with van der Waals surface area (Å²) < 4.78 is 15.3. The molecule has 0 aliphatic heterocycles. The summed E-state index contributed by atoms with van der Waals surface area (Å²) in [6.07, 6.45) is 2.86. The van der Waals surface area contributed by atoms with Crippen molar-refractivity contribution in [3.05, 3.63) is 119 Å². The minimum Gasteiger partial charge on any atom is -0.309 e. The van der Waals surface area contributed by atoms with Gasteiger partial charge in [-0.1, -0.05) is 110 Å². The van der Waals surface area contributed by atoms with E-state index in [1.54, 1.807) is 0 Å². The summed E-state index contributed by atoms with van der Waals surface area (Å²) >= 11 is 0. The third kappa shape index (κ3) is 5.84. The average molecular weight is 453 g/mol. The maximum Gasteiger partial charge on any atom is 0.172 e. The van der Waals surface area contributed by atoms with E-state index in [-0.39, 0.29) is 0 Å². The standard InChI is InChI=1S/C31H33OP/c1-5-6-18-28(24-23-27-16-10-7-11-17-27)31(26(4)25(2)3)33(32,29-19-12-8-13-20-29)30-21-14-9-15-22-30/h7-17,19-22H,5-6,18H2,1-4H3/b31-28+. The van der Waals surface area contributed by atoms with E-state index in [0.29, 0.717) is 0 Å². The predicted octanol–water partition coefficient (Wildman–Crippen LogP) is 7.85. The Labute approximate surface area is 199 Å². The van der Waals surface area contributed by atoms with Gasteiger partial charge in [0, 0.05) is 27.1 Å². The number of benzene rings is 3. The Kier molecular flexibility index (Phi) is 8.71. The lowest BCUT2D eigenvalue weighted by Gasteiger charge is -2.26. The van der Waals surface area contributed by atoms with Gasteiger partial charge in [-0.3, -0.25) is 0 Å². The zero-order valence-corrected chi connectivity index (χ0v) is 21.0. The summed E-state index contributed by atoms with van der Waals surface area (Å²) in [4.78, 5) is 0. The summed E-state index contributed by atoms with van der Waals surface area (Å²) in [6, 6.07) is 29.9. The van der Waals surface area contributed by atoms with Crippen molar-refractivity contribution in [1.82, 2.24) is 0 Å². The first-order valence-corrected chi connectivity index (χ1v) is 13.4. The molecule has 168 valence electrons. The second-order valence-electron chi connectivity index (χ2n) is 8.45. The van der Waals surface area contributed by atoms with Crippen molar-refractivity contribution >= 4 is 17.8 Å². The van der Waals surface area contributed by atoms with E-state index in [2.05, 4.69) is 39.5 Å². The Morgan fingerprint density at radius 2 is 1.24 bits per heavy atom. The Morgan fingerprint density at radius 1 is 0.758 bits per heavy atom. The van der Waals surface area contributed by atoms with Crippen molar-refractivity contribution in [1.29, 1.82) is 0 Å². The van der Waals surface area contributed by atoms with Crippen molar-refractivity contribution in [3.63, 3.8) is 0 Å². The maximum atomic E-state index is 15.3. The quantitative estimate of drug-likeness (QED) is 0.203. The molecular formula is C31H33OP. The molecule has 0 saturated heterocycles.